The number of benzene rings is 3. The van der Waals surface area contributed by atoms with Gasteiger partial charge in [-0.1, -0.05) is 30.3 Å². The van der Waals surface area contributed by atoms with Crippen molar-refractivity contribution in [3.8, 4) is 5.75 Å². The van der Waals surface area contributed by atoms with E-state index in [2.05, 4.69) is 5.32 Å². The molecular formula is C29H28N4O4S. The Kier molecular flexibility index (Phi) is 7.37. The van der Waals surface area contributed by atoms with Crippen LogP contribution in [0.3, 0.4) is 0 Å². The van der Waals surface area contributed by atoms with Crippen molar-refractivity contribution in [1.29, 1.82) is 0 Å². The van der Waals surface area contributed by atoms with Crippen LogP contribution < -0.4 is 19.9 Å². The molecule has 0 bridgehead atoms. The van der Waals surface area contributed by atoms with E-state index < -0.39 is 6.04 Å². The number of ether oxygens (including phenoxy) is 1. The third-order valence-electron chi connectivity index (χ3n) is 6.76. The normalized spacial score (nSPS) is 17.3. The standard InChI is InChI=1S/C29H28N4O4S/c1-37-24-15-13-23(14-16-24)33-28(36)25(18-26(34)30-21-6-3-2-4-7-21)32(29(33)38)19-20-9-11-22(12-10-20)31-17-5-8-27(31)35/h2-4,6-7,9-16,25H,5,8,17-19H2,1H3,(H,30,34)/t25-/m1/s1. The minimum absolute atomic E-state index is 0.0547. The van der Waals surface area contributed by atoms with E-state index in [1.54, 1.807) is 53.3 Å². The molecule has 1 atom stereocenters. The summed E-state index contributed by atoms with van der Waals surface area (Å²) in [5, 5.41) is 3.20. The highest BCUT2D eigenvalue weighted by atomic mass is 32.1. The molecule has 8 nitrogen and oxygen atoms in total. The van der Waals surface area contributed by atoms with Crippen LogP contribution in [0, 0.1) is 0 Å². The van der Waals surface area contributed by atoms with Crippen molar-refractivity contribution in [1.82, 2.24) is 4.90 Å². The van der Waals surface area contributed by atoms with Crippen LogP contribution in [0.25, 0.3) is 0 Å². The lowest BCUT2D eigenvalue weighted by Crippen LogP contribution is -2.37. The molecule has 0 unspecified atom stereocenters. The maximum Gasteiger partial charge on any atom is 0.256 e. The van der Waals surface area contributed by atoms with Gasteiger partial charge in [0.05, 0.1) is 19.2 Å². The van der Waals surface area contributed by atoms with Gasteiger partial charge in [0.25, 0.3) is 5.91 Å². The fourth-order valence-corrected chi connectivity index (χ4v) is 5.18. The number of carbonyl (C=O) groups excluding carboxylic acids is 3. The Labute approximate surface area is 226 Å². The van der Waals surface area contributed by atoms with Gasteiger partial charge in [-0.05, 0) is 72.7 Å². The van der Waals surface area contributed by atoms with Crippen molar-refractivity contribution in [2.75, 3.05) is 28.8 Å². The zero-order valence-corrected chi connectivity index (χ0v) is 21.8. The van der Waals surface area contributed by atoms with Gasteiger partial charge in [0.1, 0.15) is 11.8 Å². The summed E-state index contributed by atoms with van der Waals surface area (Å²) in [5.41, 5.74) is 3.05. The van der Waals surface area contributed by atoms with E-state index in [0.29, 0.717) is 35.2 Å². The van der Waals surface area contributed by atoms with Crippen LogP contribution >= 0.6 is 12.2 Å². The molecule has 9 heteroatoms. The lowest BCUT2D eigenvalue weighted by molar-refractivity contribution is -0.124. The van der Waals surface area contributed by atoms with Crippen LogP contribution in [0.2, 0.25) is 0 Å². The first-order valence-corrected chi connectivity index (χ1v) is 12.9. The molecule has 0 saturated carbocycles. The molecule has 2 aliphatic heterocycles. The minimum atomic E-state index is -0.770. The zero-order valence-electron chi connectivity index (χ0n) is 21.0. The number of hydrogen-bond acceptors (Lipinski definition) is 5. The molecule has 1 N–H and O–H groups in total. The molecule has 0 spiro atoms. The summed E-state index contributed by atoms with van der Waals surface area (Å²) < 4.78 is 5.24. The highest BCUT2D eigenvalue weighted by Crippen LogP contribution is 2.31. The molecule has 38 heavy (non-hydrogen) atoms. The maximum atomic E-state index is 13.7. The van der Waals surface area contributed by atoms with E-state index in [1.807, 2.05) is 42.5 Å². The smallest absolute Gasteiger partial charge is 0.256 e. The molecule has 2 fully saturated rings. The van der Waals surface area contributed by atoms with Gasteiger partial charge in [-0.15, -0.1) is 0 Å². The fourth-order valence-electron chi connectivity index (χ4n) is 4.79. The van der Waals surface area contributed by atoms with Gasteiger partial charge in [0.15, 0.2) is 5.11 Å². The van der Waals surface area contributed by atoms with Crippen LogP contribution in [-0.2, 0) is 20.9 Å². The monoisotopic (exact) mass is 528 g/mol. The van der Waals surface area contributed by atoms with Crippen LogP contribution in [0.4, 0.5) is 17.1 Å². The molecule has 3 aromatic rings. The Hall–Kier alpha value is -4.24. The molecule has 0 aromatic heterocycles. The first-order valence-electron chi connectivity index (χ1n) is 12.5. The predicted octanol–water partition coefficient (Wildman–Crippen LogP) is 4.35. The van der Waals surface area contributed by atoms with Crippen LogP contribution in [0.15, 0.2) is 78.9 Å². The number of nitrogens with one attached hydrogen (secondary N) is 1. The van der Waals surface area contributed by atoms with Crippen LogP contribution in [-0.4, -0.2) is 47.4 Å². The van der Waals surface area contributed by atoms with Gasteiger partial charge >= 0.3 is 0 Å². The Morgan fingerprint density at radius 2 is 1.66 bits per heavy atom. The molecule has 2 heterocycles. The summed E-state index contributed by atoms with van der Waals surface area (Å²) in [5.74, 6) is 0.256. The molecule has 3 amide bonds. The van der Waals surface area contributed by atoms with E-state index in [0.717, 1.165) is 24.2 Å². The predicted molar refractivity (Wildman–Crippen MR) is 150 cm³/mol. The molecule has 2 aliphatic rings. The summed E-state index contributed by atoms with van der Waals surface area (Å²) in [7, 11) is 1.58. The lowest BCUT2D eigenvalue weighted by Gasteiger charge is -2.24. The van der Waals surface area contributed by atoms with Crippen molar-refractivity contribution in [2.24, 2.45) is 0 Å². The average Bonchev–Trinajstić information content (AvgIpc) is 3.46. The second-order valence-electron chi connectivity index (χ2n) is 9.23. The third kappa shape index (κ3) is 5.24. The fraction of sp³-hybridized carbons (Fsp3) is 0.241. The molecule has 0 radical (unpaired) electrons. The molecule has 5 rings (SSSR count). The number of para-hydroxylation sites is 1. The number of nitrogens with zero attached hydrogens (tertiary/aromatic N) is 3. The van der Waals surface area contributed by atoms with E-state index in [4.69, 9.17) is 17.0 Å². The Balaban J connectivity index is 1.39. The molecule has 2 saturated heterocycles. The van der Waals surface area contributed by atoms with Crippen molar-refractivity contribution < 1.29 is 19.1 Å². The number of anilines is 3. The number of rotatable bonds is 8. The van der Waals surface area contributed by atoms with Gasteiger partial charge in [0.2, 0.25) is 11.8 Å². The lowest BCUT2D eigenvalue weighted by atomic mass is 10.1. The zero-order chi connectivity index (χ0) is 26.6. The minimum Gasteiger partial charge on any atom is -0.497 e. The van der Waals surface area contributed by atoms with E-state index >= 15 is 0 Å². The van der Waals surface area contributed by atoms with Gasteiger partial charge in [-0.25, -0.2) is 0 Å². The SMILES string of the molecule is COc1ccc(N2C(=O)[C@@H](CC(=O)Nc3ccccc3)N(Cc3ccc(N4CCCC4=O)cc3)C2=S)cc1. The van der Waals surface area contributed by atoms with Gasteiger partial charge < -0.3 is 19.9 Å². The summed E-state index contributed by atoms with van der Waals surface area (Å²) in [6, 6.07) is 23.1. The first-order chi connectivity index (χ1) is 18.4. The summed E-state index contributed by atoms with van der Waals surface area (Å²) in [6.45, 7) is 1.06. The van der Waals surface area contributed by atoms with Crippen molar-refractivity contribution >= 4 is 52.1 Å². The van der Waals surface area contributed by atoms with E-state index in [9.17, 15) is 14.4 Å². The number of hydrogen-bond donors (Lipinski definition) is 1. The van der Waals surface area contributed by atoms with Crippen LogP contribution in [0.1, 0.15) is 24.8 Å². The second kappa shape index (κ2) is 11.0. The Morgan fingerprint density at radius 1 is 0.974 bits per heavy atom. The summed E-state index contributed by atoms with van der Waals surface area (Å²) in [6.07, 6.45) is 1.37. The average molecular weight is 529 g/mol. The van der Waals surface area contributed by atoms with E-state index in [1.165, 1.54) is 4.90 Å². The summed E-state index contributed by atoms with van der Waals surface area (Å²) >= 11 is 5.78. The Bertz CT molecular complexity index is 1350. The van der Waals surface area contributed by atoms with Crippen molar-refractivity contribution in [3.63, 3.8) is 0 Å². The van der Waals surface area contributed by atoms with Gasteiger partial charge in [-0.3, -0.25) is 19.3 Å². The highest BCUT2D eigenvalue weighted by molar-refractivity contribution is 7.80. The largest absolute Gasteiger partial charge is 0.497 e. The highest BCUT2D eigenvalue weighted by Gasteiger charge is 2.44. The van der Waals surface area contributed by atoms with E-state index in [-0.39, 0.29) is 24.1 Å². The quantitative estimate of drug-likeness (QED) is 0.438. The molecule has 0 aliphatic carbocycles. The maximum absolute atomic E-state index is 13.7. The Morgan fingerprint density at radius 3 is 2.29 bits per heavy atom. The molecule has 3 aromatic carbocycles. The number of methoxy groups -OCH3 is 1. The number of amides is 3. The number of thiocarbonyl (C=S) groups is 1. The van der Waals surface area contributed by atoms with Crippen LogP contribution in [0.5, 0.6) is 5.75 Å². The third-order valence-corrected chi connectivity index (χ3v) is 7.18. The van der Waals surface area contributed by atoms with Gasteiger partial charge in [0, 0.05) is 30.9 Å². The topological polar surface area (TPSA) is 82.2 Å². The number of carbonyl (C=O) groups is 3. The second-order valence-corrected chi connectivity index (χ2v) is 9.60. The van der Waals surface area contributed by atoms with Crippen molar-refractivity contribution in [3.05, 3.63) is 84.4 Å². The molecule has 194 valence electrons. The summed E-state index contributed by atoms with van der Waals surface area (Å²) in [4.78, 5) is 43.8. The first kappa shape index (κ1) is 25.4. The van der Waals surface area contributed by atoms with Crippen molar-refractivity contribution in [2.45, 2.75) is 31.8 Å². The van der Waals surface area contributed by atoms with Gasteiger partial charge in [-0.2, -0.15) is 0 Å². The molecular weight excluding hydrogens is 500 g/mol.